The zero-order chi connectivity index (χ0) is 18.3. The number of fused-ring (bicyclic) bond motifs is 1. The van der Waals surface area contributed by atoms with Crippen LogP contribution in [0.25, 0.3) is 10.9 Å². The number of hydrogen-bond acceptors (Lipinski definition) is 2. The van der Waals surface area contributed by atoms with Gasteiger partial charge in [-0.3, -0.25) is 4.79 Å². The largest absolute Gasteiger partial charge is 0.481 e. The summed E-state index contributed by atoms with van der Waals surface area (Å²) >= 11 is 9.76. The van der Waals surface area contributed by atoms with E-state index in [0.29, 0.717) is 32.5 Å². The number of halogens is 2. The minimum atomic E-state index is -0.900. The van der Waals surface area contributed by atoms with Crippen LogP contribution >= 0.6 is 27.5 Å². The van der Waals surface area contributed by atoms with Gasteiger partial charge in [-0.1, -0.05) is 18.0 Å². The first-order valence-electron chi connectivity index (χ1n) is 8.50. The molecule has 4 rings (SSSR count). The van der Waals surface area contributed by atoms with Gasteiger partial charge in [-0.15, -0.1) is 0 Å². The summed E-state index contributed by atoms with van der Waals surface area (Å²) in [5, 5.41) is 10.5. The number of benzene rings is 2. The highest BCUT2D eigenvalue weighted by molar-refractivity contribution is 9.10. The van der Waals surface area contributed by atoms with E-state index in [2.05, 4.69) is 27.1 Å². The van der Waals surface area contributed by atoms with Crippen LogP contribution in [-0.2, 0) is 11.2 Å². The molecule has 0 saturated heterocycles. The van der Waals surface area contributed by atoms with E-state index >= 15 is 0 Å². The first-order chi connectivity index (χ1) is 12.5. The fraction of sp³-hybridized carbons (Fsp3) is 0.250. The van der Waals surface area contributed by atoms with Gasteiger partial charge in [-0.25, -0.2) is 0 Å². The second-order valence-corrected chi connectivity index (χ2v) is 7.90. The van der Waals surface area contributed by atoms with Crippen molar-refractivity contribution < 1.29 is 14.6 Å². The van der Waals surface area contributed by atoms with Crippen LogP contribution in [0.1, 0.15) is 36.3 Å². The molecule has 0 aliphatic heterocycles. The highest BCUT2D eigenvalue weighted by Crippen LogP contribution is 2.42. The minimum Gasteiger partial charge on any atom is -0.481 e. The van der Waals surface area contributed by atoms with Crippen molar-refractivity contribution in [2.75, 3.05) is 0 Å². The highest BCUT2D eigenvalue weighted by atomic mass is 79.9. The summed E-state index contributed by atoms with van der Waals surface area (Å²) in [7, 11) is 0. The predicted molar refractivity (Wildman–Crippen MR) is 105 cm³/mol. The summed E-state index contributed by atoms with van der Waals surface area (Å²) < 4.78 is 6.66. The Labute approximate surface area is 164 Å². The van der Waals surface area contributed by atoms with Crippen LogP contribution in [-0.4, -0.2) is 16.1 Å². The molecule has 4 nitrogen and oxygen atoms in total. The first kappa shape index (κ1) is 17.4. The third-order valence-electron chi connectivity index (χ3n) is 4.86. The van der Waals surface area contributed by atoms with Crippen LogP contribution in [0.5, 0.6) is 11.5 Å². The highest BCUT2D eigenvalue weighted by Gasteiger charge is 2.22. The van der Waals surface area contributed by atoms with E-state index in [0.717, 1.165) is 5.52 Å². The normalized spacial score (nSPS) is 14.4. The standard InChI is InChI=1S/C20H17BrClNO3/c21-16-6-11(8-19(24)25)7-17(22)20(16)26-13-4-5-18-14(9-13)15(10-23-18)12-2-1-3-12/h4-7,9-10,12,23H,1-3,8H2,(H,24,25). The summed E-state index contributed by atoms with van der Waals surface area (Å²) in [6, 6.07) is 9.30. The number of carbonyl (C=O) groups is 1. The average Bonchev–Trinajstić information content (AvgIpc) is 2.92. The topological polar surface area (TPSA) is 62.3 Å². The van der Waals surface area contributed by atoms with E-state index in [4.69, 9.17) is 21.4 Å². The lowest BCUT2D eigenvalue weighted by molar-refractivity contribution is -0.136. The number of aliphatic carboxylic acids is 1. The summed E-state index contributed by atoms with van der Waals surface area (Å²) in [5.41, 5.74) is 3.06. The second kappa shape index (κ2) is 6.97. The van der Waals surface area contributed by atoms with Crippen LogP contribution in [0.4, 0.5) is 0 Å². The maximum atomic E-state index is 10.9. The predicted octanol–water partition coefficient (Wildman–Crippen LogP) is 6.27. The Morgan fingerprint density at radius 2 is 2.12 bits per heavy atom. The zero-order valence-corrected chi connectivity index (χ0v) is 16.2. The molecule has 134 valence electrons. The van der Waals surface area contributed by atoms with Gasteiger partial charge in [0.2, 0.25) is 0 Å². The molecule has 3 aromatic rings. The second-order valence-electron chi connectivity index (χ2n) is 6.64. The number of rotatable bonds is 5. The molecule has 0 unspecified atom stereocenters. The van der Waals surface area contributed by atoms with Crippen LogP contribution < -0.4 is 4.74 Å². The van der Waals surface area contributed by atoms with E-state index in [1.807, 2.05) is 18.2 Å². The van der Waals surface area contributed by atoms with E-state index in [9.17, 15) is 4.79 Å². The lowest BCUT2D eigenvalue weighted by atomic mass is 9.80. The number of H-pyrrole nitrogens is 1. The number of hydrogen-bond donors (Lipinski definition) is 2. The van der Waals surface area contributed by atoms with Crippen molar-refractivity contribution in [1.82, 2.24) is 4.98 Å². The quantitative estimate of drug-likeness (QED) is 0.497. The summed E-state index contributed by atoms with van der Waals surface area (Å²) in [6.07, 6.45) is 5.78. The molecule has 0 amide bonds. The van der Waals surface area contributed by atoms with Crippen molar-refractivity contribution >= 4 is 44.4 Å². The average molecular weight is 435 g/mol. The Balaban J connectivity index is 1.65. The Bertz CT molecular complexity index is 971. The van der Waals surface area contributed by atoms with Gasteiger partial charge in [-0.2, -0.15) is 0 Å². The maximum Gasteiger partial charge on any atom is 0.307 e. The third-order valence-corrected chi connectivity index (χ3v) is 5.73. The Morgan fingerprint density at radius 3 is 2.77 bits per heavy atom. The molecule has 1 aliphatic carbocycles. The van der Waals surface area contributed by atoms with Crippen molar-refractivity contribution in [3.63, 3.8) is 0 Å². The third kappa shape index (κ3) is 3.33. The molecule has 0 radical (unpaired) electrons. The molecule has 2 N–H and O–H groups in total. The minimum absolute atomic E-state index is 0.0847. The number of carboxylic acids is 1. The smallest absolute Gasteiger partial charge is 0.307 e. The number of aromatic nitrogens is 1. The lowest BCUT2D eigenvalue weighted by Crippen LogP contribution is -2.07. The monoisotopic (exact) mass is 433 g/mol. The van der Waals surface area contributed by atoms with Gasteiger partial charge in [0.15, 0.2) is 5.75 Å². The van der Waals surface area contributed by atoms with Crippen LogP contribution in [0.15, 0.2) is 41.0 Å². The van der Waals surface area contributed by atoms with Gasteiger partial charge in [-0.05, 0) is 76.1 Å². The molecule has 0 bridgehead atoms. The van der Waals surface area contributed by atoms with Gasteiger partial charge >= 0.3 is 5.97 Å². The van der Waals surface area contributed by atoms with Crippen molar-refractivity contribution in [1.29, 1.82) is 0 Å². The first-order valence-corrected chi connectivity index (χ1v) is 9.67. The van der Waals surface area contributed by atoms with Gasteiger partial charge < -0.3 is 14.8 Å². The molecule has 6 heteroatoms. The fourth-order valence-corrected chi connectivity index (χ4v) is 4.33. The molecule has 0 spiro atoms. The molecular weight excluding hydrogens is 418 g/mol. The van der Waals surface area contributed by atoms with Crippen molar-refractivity contribution in [3.8, 4) is 11.5 Å². The number of carboxylic acid groups (broad SMARTS) is 1. The summed E-state index contributed by atoms with van der Waals surface area (Å²) in [5.74, 6) is 0.917. The van der Waals surface area contributed by atoms with Crippen molar-refractivity contribution in [2.45, 2.75) is 31.6 Å². The lowest BCUT2D eigenvalue weighted by Gasteiger charge is -2.25. The van der Waals surface area contributed by atoms with Gasteiger partial charge in [0.05, 0.1) is 15.9 Å². The summed E-state index contributed by atoms with van der Waals surface area (Å²) in [6.45, 7) is 0. The van der Waals surface area contributed by atoms with Gasteiger partial charge in [0.1, 0.15) is 5.75 Å². The molecule has 26 heavy (non-hydrogen) atoms. The number of nitrogens with one attached hydrogen (secondary N) is 1. The number of ether oxygens (including phenoxy) is 1. The van der Waals surface area contributed by atoms with Crippen LogP contribution in [0, 0.1) is 0 Å². The van der Waals surface area contributed by atoms with Crippen molar-refractivity contribution in [3.05, 3.63) is 57.2 Å². The summed E-state index contributed by atoms with van der Waals surface area (Å²) in [4.78, 5) is 14.2. The molecule has 1 fully saturated rings. The van der Waals surface area contributed by atoms with Crippen molar-refractivity contribution in [2.24, 2.45) is 0 Å². The molecule has 1 saturated carbocycles. The fourth-order valence-electron chi connectivity index (χ4n) is 3.35. The van der Waals surface area contributed by atoms with Gasteiger partial charge in [0.25, 0.3) is 0 Å². The molecule has 1 aromatic heterocycles. The molecule has 2 aromatic carbocycles. The Hall–Kier alpha value is -1.98. The van der Waals surface area contributed by atoms with Gasteiger partial charge in [0, 0.05) is 17.1 Å². The number of aromatic amines is 1. The van der Waals surface area contributed by atoms with E-state index < -0.39 is 5.97 Å². The molecule has 0 atom stereocenters. The van der Waals surface area contributed by atoms with Crippen LogP contribution in [0.3, 0.4) is 0 Å². The van der Waals surface area contributed by atoms with E-state index in [-0.39, 0.29) is 6.42 Å². The molecule has 1 aliphatic rings. The zero-order valence-electron chi connectivity index (χ0n) is 13.9. The van der Waals surface area contributed by atoms with Crippen LogP contribution in [0.2, 0.25) is 5.02 Å². The Morgan fingerprint density at radius 1 is 1.31 bits per heavy atom. The van der Waals surface area contributed by atoms with E-state index in [1.54, 1.807) is 12.1 Å². The molecular formula is C20H17BrClNO3. The molecule has 1 heterocycles. The maximum absolute atomic E-state index is 10.9. The van der Waals surface area contributed by atoms with E-state index in [1.165, 1.54) is 30.2 Å². The SMILES string of the molecule is O=C(O)Cc1cc(Cl)c(Oc2ccc3[nH]cc(C4CCC4)c3c2)c(Br)c1. The Kier molecular flexibility index (Phi) is 4.67.